The van der Waals surface area contributed by atoms with Crippen LogP contribution >= 0.6 is 0 Å². The second-order valence-electron chi connectivity index (χ2n) is 5.24. The fourth-order valence-corrected chi connectivity index (χ4v) is 3.91. The normalized spacial score (nSPS) is 24.9. The molecule has 1 rings (SSSR count). The molecular weight excluding hydrogens is 240 g/mol. The Bertz CT molecular complexity index is 378. The van der Waals surface area contributed by atoms with Gasteiger partial charge in [0.25, 0.3) is 0 Å². The lowest BCUT2D eigenvalue weighted by Gasteiger charge is -2.27. The number of rotatable bonds is 4. The summed E-state index contributed by atoms with van der Waals surface area (Å²) in [6.07, 6.45) is 1.15. The summed E-state index contributed by atoms with van der Waals surface area (Å²) in [5, 5.41) is 0. The summed E-state index contributed by atoms with van der Waals surface area (Å²) in [6, 6.07) is -0.728. The molecule has 1 saturated heterocycles. The number of carbonyl (C=O) groups is 1. The Balaban J connectivity index is 2.58. The largest absolute Gasteiger partial charge is 0.340 e. The van der Waals surface area contributed by atoms with Crippen LogP contribution in [-0.4, -0.2) is 49.9 Å². The highest BCUT2D eigenvalue weighted by Gasteiger charge is 2.34. The van der Waals surface area contributed by atoms with Crippen LogP contribution in [-0.2, 0) is 14.6 Å². The van der Waals surface area contributed by atoms with E-state index in [0.717, 1.165) is 0 Å². The molecular formula is C11H22N2O3S. The molecule has 1 fully saturated rings. The highest BCUT2D eigenvalue weighted by Crippen LogP contribution is 2.17. The lowest BCUT2D eigenvalue weighted by atomic mass is 10.0. The zero-order valence-electron chi connectivity index (χ0n) is 10.7. The smallest absolute Gasteiger partial charge is 0.239 e. The Kier molecular flexibility index (Phi) is 4.55. The van der Waals surface area contributed by atoms with Crippen LogP contribution in [0.4, 0.5) is 0 Å². The molecule has 0 radical (unpaired) electrons. The van der Waals surface area contributed by atoms with Gasteiger partial charge in [0.15, 0.2) is 9.84 Å². The molecule has 0 aliphatic carbocycles. The molecule has 1 unspecified atom stereocenters. The van der Waals surface area contributed by atoms with E-state index in [1.54, 1.807) is 7.05 Å². The van der Waals surface area contributed by atoms with Crippen LogP contribution in [0.5, 0.6) is 0 Å². The molecule has 100 valence electrons. The molecule has 2 N–H and O–H groups in total. The van der Waals surface area contributed by atoms with Crippen molar-refractivity contribution in [3.05, 3.63) is 0 Å². The van der Waals surface area contributed by atoms with E-state index in [2.05, 4.69) is 0 Å². The molecule has 0 saturated carbocycles. The van der Waals surface area contributed by atoms with Crippen molar-refractivity contribution in [1.82, 2.24) is 4.90 Å². The summed E-state index contributed by atoms with van der Waals surface area (Å²) >= 11 is 0. The van der Waals surface area contributed by atoms with Gasteiger partial charge in [0.2, 0.25) is 5.91 Å². The molecule has 1 amide bonds. The number of nitrogens with two attached hydrogens (primary N) is 1. The molecule has 6 heteroatoms. The summed E-state index contributed by atoms with van der Waals surface area (Å²) in [6.45, 7) is 4.01. The van der Waals surface area contributed by atoms with Gasteiger partial charge in [-0.3, -0.25) is 4.79 Å². The number of nitrogens with zero attached hydrogens (tertiary/aromatic N) is 1. The van der Waals surface area contributed by atoms with Gasteiger partial charge in [0.05, 0.1) is 17.5 Å². The molecule has 1 heterocycles. The number of sulfone groups is 1. The van der Waals surface area contributed by atoms with E-state index in [0.29, 0.717) is 18.8 Å². The lowest BCUT2D eigenvalue weighted by Crippen LogP contribution is -2.47. The van der Waals surface area contributed by atoms with Gasteiger partial charge < -0.3 is 10.6 Å². The second-order valence-corrected chi connectivity index (χ2v) is 7.47. The van der Waals surface area contributed by atoms with Crippen molar-refractivity contribution < 1.29 is 13.2 Å². The van der Waals surface area contributed by atoms with Crippen molar-refractivity contribution in [2.75, 3.05) is 18.6 Å². The van der Waals surface area contributed by atoms with Crippen molar-refractivity contribution in [2.24, 2.45) is 11.7 Å². The first kappa shape index (κ1) is 14.4. The molecule has 0 aromatic rings. The Labute approximate surface area is 103 Å². The fraction of sp³-hybridized carbons (Fsp3) is 0.909. The number of amides is 1. The Morgan fingerprint density at radius 3 is 2.47 bits per heavy atom. The van der Waals surface area contributed by atoms with Crippen LogP contribution < -0.4 is 5.73 Å². The number of hydrogen-bond acceptors (Lipinski definition) is 4. The number of carbonyl (C=O) groups excluding carboxylic acids is 1. The quantitative estimate of drug-likeness (QED) is 0.773. The van der Waals surface area contributed by atoms with Gasteiger partial charge in [-0.25, -0.2) is 8.42 Å². The second kappa shape index (κ2) is 5.35. The molecule has 1 aliphatic heterocycles. The minimum atomic E-state index is -2.96. The summed E-state index contributed by atoms with van der Waals surface area (Å²) in [7, 11) is -1.31. The molecule has 0 aromatic heterocycles. The summed E-state index contributed by atoms with van der Waals surface area (Å²) in [4.78, 5) is 13.5. The third kappa shape index (κ3) is 3.96. The van der Waals surface area contributed by atoms with Gasteiger partial charge >= 0.3 is 0 Å². The molecule has 1 aliphatic rings. The lowest BCUT2D eigenvalue weighted by molar-refractivity contribution is -0.133. The Hall–Kier alpha value is -0.620. The standard InChI is InChI=1S/C11H22N2O3S/c1-8(2)6-10(12)11(14)13(3)9-4-5-17(15,16)7-9/h8-10H,4-7,12H2,1-3H3/t9?,10-/m0/s1. The molecule has 5 nitrogen and oxygen atoms in total. The summed E-state index contributed by atoms with van der Waals surface area (Å²) in [5.74, 6) is 0.452. The van der Waals surface area contributed by atoms with Gasteiger partial charge in [0.1, 0.15) is 0 Å². The van der Waals surface area contributed by atoms with Crippen LogP contribution in [0.1, 0.15) is 26.7 Å². The van der Waals surface area contributed by atoms with E-state index in [-0.39, 0.29) is 23.5 Å². The van der Waals surface area contributed by atoms with Crippen molar-refractivity contribution in [3.8, 4) is 0 Å². The van der Waals surface area contributed by atoms with Crippen LogP contribution in [0.15, 0.2) is 0 Å². The zero-order chi connectivity index (χ0) is 13.2. The average molecular weight is 262 g/mol. The van der Waals surface area contributed by atoms with Gasteiger partial charge in [-0.2, -0.15) is 0 Å². The fourth-order valence-electron chi connectivity index (χ4n) is 2.13. The maximum atomic E-state index is 12.0. The van der Waals surface area contributed by atoms with Crippen molar-refractivity contribution in [1.29, 1.82) is 0 Å². The van der Waals surface area contributed by atoms with E-state index >= 15 is 0 Å². The Morgan fingerprint density at radius 2 is 2.06 bits per heavy atom. The van der Waals surface area contributed by atoms with Crippen LogP contribution in [0.25, 0.3) is 0 Å². The van der Waals surface area contributed by atoms with Crippen molar-refractivity contribution in [3.63, 3.8) is 0 Å². The maximum absolute atomic E-state index is 12.0. The van der Waals surface area contributed by atoms with E-state index in [9.17, 15) is 13.2 Å². The third-order valence-corrected chi connectivity index (χ3v) is 4.90. The predicted octanol–water partition coefficient (Wildman–Crippen LogP) is 0.00530. The number of likely N-dealkylation sites (N-methyl/N-ethyl adjacent to an activating group) is 1. The minimum Gasteiger partial charge on any atom is -0.340 e. The van der Waals surface area contributed by atoms with E-state index in [1.165, 1.54) is 4.90 Å². The minimum absolute atomic E-state index is 0.0731. The average Bonchev–Trinajstić information content (AvgIpc) is 2.55. The van der Waals surface area contributed by atoms with Crippen LogP contribution in [0.2, 0.25) is 0 Å². The first-order chi connectivity index (χ1) is 7.73. The van der Waals surface area contributed by atoms with Crippen LogP contribution in [0.3, 0.4) is 0 Å². The van der Waals surface area contributed by atoms with E-state index < -0.39 is 15.9 Å². The first-order valence-corrected chi connectivity index (χ1v) is 7.77. The zero-order valence-corrected chi connectivity index (χ0v) is 11.5. The van der Waals surface area contributed by atoms with E-state index in [1.807, 2.05) is 13.8 Å². The molecule has 0 spiro atoms. The van der Waals surface area contributed by atoms with Gasteiger partial charge in [-0.15, -0.1) is 0 Å². The summed E-state index contributed by atoms with van der Waals surface area (Å²) < 4.78 is 22.7. The van der Waals surface area contributed by atoms with Gasteiger partial charge in [-0.1, -0.05) is 13.8 Å². The molecule has 0 aromatic carbocycles. The predicted molar refractivity (Wildman–Crippen MR) is 67.3 cm³/mol. The molecule has 17 heavy (non-hydrogen) atoms. The van der Waals surface area contributed by atoms with Crippen molar-refractivity contribution in [2.45, 2.75) is 38.8 Å². The highest BCUT2D eigenvalue weighted by molar-refractivity contribution is 7.91. The van der Waals surface area contributed by atoms with E-state index in [4.69, 9.17) is 5.73 Å². The summed E-state index contributed by atoms with van der Waals surface area (Å²) in [5.41, 5.74) is 5.81. The highest BCUT2D eigenvalue weighted by atomic mass is 32.2. The monoisotopic (exact) mass is 262 g/mol. The maximum Gasteiger partial charge on any atom is 0.239 e. The van der Waals surface area contributed by atoms with Gasteiger partial charge in [0, 0.05) is 13.1 Å². The topological polar surface area (TPSA) is 80.5 Å². The van der Waals surface area contributed by atoms with Gasteiger partial charge in [-0.05, 0) is 18.8 Å². The van der Waals surface area contributed by atoms with Crippen molar-refractivity contribution >= 4 is 15.7 Å². The van der Waals surface area contributed by atoms with Crippen LogP contribution in [0, 0.1) is 5.92 Å². The SMILES string of the molecule is CC(C)C[C@H](N)C(=O)N(C)C1CCS(=O)(=O)C1. The Morgan fingerprint density at radius 1 is 1.47 bits per heavy atom. The third-order valence-electron chi connectivity index (χ3n) is 3.15. The molecule has 0 bridgehead atoms. The molecule has 2 atom stereocenters. The first-order valence-electron chi connectivity index (χ1n) is 5.95. The number of hydrogen-bond donors (Lipinski definition) is 1.